The Balaban J connectivity index is 1.42. The molecule has 1 saturated heterocycles. The number of hydrogen-bond acceptors (Lipinski definition) is 5. The van der Waals surface area contributed by atoms with E-state index in [1.165, 1.54) is 6.42 Å². The van der Waals surface area contributed by atoms with Gasteiger partial charge >= 0.3 is 0 Å². The lowest BCUT2D eigenvalue weighted by Gasteiger charge is -2.62. The Hall–Kier alpha value is -0.460. The summed E-state index contributed by atoms with van der Waals surface area (Å²) in [4.78, 5) is 0. The molecule has 194 valence electrons. The molecule has 12 unspecified atom stereocenters. The van der Waals surface area contributed by atoms with Gasteiger partial charge in [-0.05, 0) is 105 Å². The van der Waals surface area contributed by atoms with Crippen LogP contribution in [0, 0.1) is 45.8 Å². The van der Waals surface area contributed by atoms with Crippen LogP contribution in [0.5, 0.6) is 0 Å². The minimum Gasteiger partial charge on any atom is -0.393 e. The van der Waals surface area contributed by atoms with Gasteiger partial charge in [0, 0.05) is 5.92 Å². The fourth-order valence-corrected chi connectivity index (χ4v) is 9.80. The number of hydrogen-bond donors (Lipinski definition) is 4. The molecule has 0 amide bonds. The Morgan fingerprint density at radius 3 is 2.41 bits per heavy atom. The fourth-order valence-electron chi connectivity index (χ4n) is 9.80. The van der Waals surface area contributed by atoms with E-state index in [9.17, 15) is 20.4 Å². The molecule has 0 aromatic carbocycles. The van der Waals surface area contributed by atoms with E-state index in [-0.39, 0.29) is 28.3 Å². The normalized spacial score (nSPS) is 54.1. The Labute approximate surface area is 206 Å². The first-order chi connectivity index (χ1) is 15.7. The molecule has 34 heavy (non-hydrogen) atoms. The zero-order valence-corrected chi connectivity index (χ0v) is 22.1. The lowest BCUT2D eigenvalue weighted by Crippen LogP contribution is -2.55. The second-order valence-corrected chi connectivity index (χ2v) is 14.0. The van der Waals surface area contributed by atoms with Crippen LogP contribution in [-0.2, 0) is 4.74 Å². The van der Waals surface area contributed by atoms with Crippen LogP contribution in [0.25, 0.3) is 0 Å². The van der Waals surface area contributed by atoms with Gasteiger partial charge in [0.2, 0.25) is 0 Å². The van der Waals surface area contributed by atoms with Gasteiger partial charge in [0.05, 0.1) is 17.8 Å². The van der Waals surface area contributed by atoms with Crippen LogP contribution >= 0.6 is 0 Å². The van der Waals surface area contributed by atoms with E-state index in [1.54, 1.807) is 19.4 Å². The van der Waals surface area contributed by atoms with Crippen molar-refractivity contribution in [1.29, 1.82) is 0 Å². The number of rotatable bonds is 3. The second kappa shape index (κ2) is 8.02. The predicted molar refractivity (Wildman–Crippen MR) is 132 cm³/mol. The second-order valence-electron chi connectivity index (χ2n) is 14.0. The van der Waals surface area contributed by atoms with E-state index in [1.807, 2.05) is 0 Å². The number of aliphatic hydroxyl groups is 4. The summed E-state index contributed by atoms with van der Waals surface area (Å²) in [6.07, 6.45) is 8.23. The number of allylic oxidation sites excluding steroid dienone is 2. The van der Waals surface area contributed by atoms with Crippen molar-refractivity contribution in [2.24, 2.45) is 45.8 Å². The van der Waals surface area contributed by atoms with E-state index in [0.29, 0.717) is 30.1 Å². The number of fused-ring (bicyclic) bond motifs is 5. The molecule has 0 aromatic rings. The molecule has 3 saturated carbocycles. The van der Waals surface area contributed by atoms with Crippen molar-refractivity contribution in [3.8, 4) is 0 Å². The number of aliphatic hydroxyl groups excluding tert-OH is 3. The number of ether oxygens (including phenoxy) is 1. The minimum atomic E-state index is -1.25. The van der Waals surface area contributed by atoms with Gasteiger partial charge in [-0.2, -0.15) is 0 Å². The molecule has 5 nitrogen and oxygen atoms in total. The predicted octanol–water partition coefficient (Wildman–Crippen LogP) is 4.42. The van der Waals surface area contributed by atoms with Crippen molar-refractivity contribution < 1.29 is 25.2 Å². The Bertz CT molecular complexity index is 833. The third kappa shape index (κ3) is 3.36. The first kappa shape index (κ1) is 25.2. The van der Waals surface area contributed by atoms with Gasteiger partial charge < -0.3 is 25.2 Å². The molecule has 4 N–H and O–H groups in total. The largest absolute Gasteiger partial charge is 0.393 e. The molecule has 5 heteroatoms. The van der Waals surface area contributed by atoms with Crippen molar-refractivity contribution in [3.05, 3.63) is 11.6 Å². The average molecular weight is 477 g/mol. The van der Waals surface area contributed by atoms with Crippen LogP contribution in [0.4, 0.5) is 0 Å². The van der Waals surface area contributed by atoms with Gasteiger partial charge in [0.25, 0.3) is 0 Å². The van der Waals surface area contributed by atoms with Gasteiger partial charge in [-0.3, -0.25) is 0 Å². The Morgan fingerprint density at radius 2 is 1.74 bits per heavy atom. The monoisotopic (exact) mass is 476 g/mol. The molecule has 5 rings (SSSR count). The quantitative estimate of drug-likeness (QED) is 0.453. The summed E-state index contributed by atoms with van der Waals surface area (Å²) in [5.41, 5.74) is 0.869. The van der Waals surface area contributed by atoms with Gasteiger partial charge in [0.15, 0.2) is 6.29 Å². The van der Waals surface area contributed by atoms with Gasteiger partial charge in [-0.25, -0.2) is 0 Å². The van der Waals surface area contributed by atoms with E-state index in [2.05, 4.69) is 33.8 Å². The molecular weight excluding hydrogens is 428 g/mol. The molecule has 0 radical (unpaired) electrons. The lowest BCUT2D eigenvalue weighted by molar-refractivity contribution is -0.172. The van der Waals surface area contributed by atoms with Crippen LogP contribution in [0.2, 0.25) is 0 Å². The summed E-state index contributed by atoms with van der Waals surface area (Å²) in [5, 5.41) is 42.5. The summed E-state index contributed by atoms with van der Waals surface area (Å²) >= 11 is 0. The van der Waals surface area contributed by atoms with Crippen molar-refractivity contribution in [3.63, 3.8) is 0 Å². The molecule has 0 spiro atoms. The van der Waals surface area contributed by atoms with E-state index < -0.39 is 24.1 Å². The van der Waals surface area contributed by atoms with Crippen molar-refractivity contribution in [2.45, 2.75) is 123 Å². The standard InChI is InChI=1S/C29H48O5/c1-16-18-7-8-21-20(27(18,4)12-11-22(16)30)10-14-28(5)19(9-13-29(21,28)6)17-15-23(34-25(17)32)24(31)26(2,3)33/h8,16-20,22-25,30-33H,7,9-15H2,1-6H3. The lowest BCUT2D eigenvalue weighted by atomic mass is 9.42. The molecule has 1 aliphatic heterocycles. The zero-order valence-electron chi connectivity index (χ0n) is 22.1. The van der Waals surface area contributed by atoms with Crippen LogP contribution in [0.15, 0.2) is 11.6 Å². The smallest absolute Gasteiger partial charge is 0.158 e. The molecule has 5 aliphatic rings. The minimum absolute atomic E-state index is 0.0113. The Kier molecular flexibility index (Phi) is 5.94. The van der Waals surface area contributed by atoms with E-state index >= 15 is 0 Å². The Morgan fingerprint density at radius 1 is 1.03 bits per heavy atom. The van der Waals surface area contributed by atoms with Crippen LogP contribution in [0.1, 0.15) is 92.9 Å². The average Bonchev–Trinajstić information content (AvgIpc) is 3.26. The summed E-state index contributed by atoms with van der Waals surface area (Å²) in [6, 6.07) is 0. The zero-order chi connectivity index (χ0) is 24.8. The highest BCUT2D eigenvalue weighted by Crippen LogP contribution is 2.73. The molecule has 4 aliphatic carbocycles. The SMILES string of the molecule is CC1C(O)CCC2(C)C3CCC4(C)C(C5CC(C(O)C(C)(C)O)OC5O)CCC4(C)C3=CCC12. The van der Waals surface area contributed by atoms with Crippen LogP contribution < -0.4 is 0 Å². The fraction of sp³-hybridized carbons (Fsp3) is 0.931. The van der Waals surface area contributed by atoms with Crippen molar-refractivity contribution in [2.75, 3.05) is 0 Å². The highest BCUT2D eigenvalue weighted by molar-refractivity contribution is 5.33. The van der Waals surface area contributed by atoms with E-state index in [0.717, 1.165) is 38.5 Å². The molecule has 4 fully saturated rings. The van der Waals surface area contributed by atoms with Gasteiger partial charge in [-0.1, -0.05) is 39.3 Å². The molecule has 12 atom stereocenters. The molecular formula is C29H48O5. The third-order valence-corrected chi connectivity index (χ3v) is 12.2. The van der Waals surface area contributed by atoms with Crippen LogP contribution in [0.3, 0.4) is 0 Å². The maximum absolute atomic E-state index is 11.0. The first-order valence-electron chi connectivity index (χ1n) is 13.9. The van der Waals surface area contributed by atoms with Crippen LogP contribution in [-0.4, -0.2) is 50.6 Å². The maximum Gasteiger partial charge on any atom is 0.158 e. The highest BCUT2D eigenvalue weighted by atomic mass is 16.6. The third-order valence-electron chi connectivity index (χ3n) is 12.2. The summed E-state index contributed by atoms with van der Waals surface area (Å²) in [7, 11) is 0. The summed E-state index contributed by atoms with van der Waals surface area (Å²) < 4.78 is 5.85. The topological polar surface area (TPSA) is 90.2 Å². The van der Waals surface area contributed by atoms with E-state index in [4.69, 9.17) is 4.74 Å². The first-order valence-corrected chi connectivity index (χ1v) is 13.9. The van der Waals surface area contributed by atoms with Crippen molar-refractivity contribution in [1.82, 2.24) is 0 Å². The van der Waals surface area contributed by atoms with Crippen molar-refractivity contribution >= 4 is 0 Å². The highest BCUT2D eigenvalue weighted by Gasteiger charge is 2.65. The summed E-state index contributed by atoms with van der Waals surface area (Å²) in [6.45, 7) is 12.9. The summed E-state index contributed by atoms with van der Waals surface area (Å²) in [5.74, 6) is 1.84. The van der Waals surface area contributed by atoms with Gasteiger partial charge in [-0.15, -0.1) is 0 Å². The maximum atomic E-state index is 11.0. The van der Waals surface area contributed by atoms with Gasteiger partial charge in [0.1, 0.15) is 6.10 Å². The molecule has 0 bridgehead atoms. The molecule has 0 aromatic heterocycles. The molecule has 1 heterocycles.